The molecule has 68 heavy (non-hydrogen) atoms. The monoisotopic (exact) mass is 945 g/mol. The number of nitrogens with one attached hydrogen (secondary N) is 3. The minimum Gasteiger partial charge on any atom is -0.370 e. The molecule has 7 rings (SSSR count). The van der Waals surface area contributed by atoms with Crippen LogP contribution in [0.5, 0.6) is 0 Å². The molecule has 0 radical (unpaired) electrons. The maximum atomic E-state index is 14.5. The molecule has 0 spiro atoms. The lowest BCUT2D eigenvalue weighted by atomic mass is 9.87. The number of imide groups is 1. The number of aromatic nitrogens is 2. The average Bonchev–Trinajstić information content (AvgIpc) is 3.83. The fraction of sp³-hybridized carbons (Fsp3) is 0.562. The lowest BCUT2D eigenvalue weighted by Crippen LogP contribution is -2.63. The van der Waals surface area contributed by atoms with Crippen LogP contribution in [0.4, 0.5) is 8.78 Å². The second kappa shape index (κ2) is 21.3. The number of carbonyl (C=O) groups excluding carboxylic acids is 8. The van der Waals surface area contributed by atoms with Gasteiger partial charge in [-0.2, -0.15) is 0 Å². The average molecular weight is 946 g/mol. The van der Waals surface area contributed by atoms with Crippen LogP contribution in [0.15, 0.2) is 41.2 Å². The van der Waals surface area contributed by atoms with Gasteiger partial charge in [-0.05, 0) is 112 Å². The molecule has 0 aliphatic carbocycles. The van der Waals surface area contributed by atoms with E-state index < -0.39 is 58.9 Å². The molecule has 1 aromatic heterocycles. The Labute approximate surface area is 392 Å². The number of hydrogen-bond acceptors (Lipinski definition) is 10. The van der Waals surface area contributed by atoms with Gasteiger partial charge in [-0.25, -0.2) is 13.6 Å². The van der Waals surface area contributed by atoms with Crippen molar-refractivity contribution in [2.75, 3.05) is 32.7 Å². The van der Waals surface area contributed by atoms with Crippen molar-refractivity contribution in [1.29, 1.82) is 0 Å². The zero-order chi connectivity index (χ0) is 48.9. The number of aldehydes is 1. The molecule has 3 aromatic rings. The van der Waals surface area contributed by atoms with Crippen molar-refractivity contribution < 1.29 is 47.1 Å². The van der Waals surface area contributed by atoms with Crippen LogP contribution in [-0.2, 0) is 58.2 Å². The first-order chi connectivity index (χ1) is 32.4. The highest BCUT2D eigenvalue weighted by atomic mass is 19.2. The number of benzene rings is 2. The zero-order valence-electron chi connectivity index (χ0n) is 38.6. The van der Waals surface area contributed by atoms with Crippen molar-refractivity contribution in [3.63, 3.8) is 0 Å². The molecule has 18 nitrogen and oxygen atoms in total. The van der Waals surface area contributed by atoms with Crippen molar-refractivity contribution in [3.05, 3.63) is 69.6 Å². The van der Waals surface area contributed by atoms with Crippen LogP contribution in [-0.4, -0.2) is 128 Å². The summed E-state index contributed by atoms with van der Waals surface area (Å²) in [6, 6.07) is 5.68. The number of carbonyl (C=O) groups is 8. The van der Waals surface area contributed by atoms with Crippen LogP contribution in [0.2, 0.25) is 0 Å². The summed E-state index contributed by atoms with van der Waals surface area (Å²) in [6.07, 6.45) is 5.65. The van der Waals surface area contributed by atoms with Gasteiger partial charge in [-0.15, -0.1) is 0 Å². The minimum absolute atomic E-state index is 0.00547. The minimum atomic E-state index is -1.68. The fourth-order valence-corrected chi connectivity index (χ4v) is 10.5. The van der Waals surface area contributed by atoms with Crippen molar-refractivity contribution in [3.8, 4) is 0 Å². The summed E-state index contributed by atoms with van der Waals surface area (Å²) in [5.41, 5.74) is 6.05. The van der Waals surface area contributed by atoms with Crippen molar-refractivity contribution in [2.24, 2.45) is 18.7 Å². The fourth-order valence-electron chi connectivity index (χ4n) is 10.5. The number of imidazole rings is 1. The van der Waals surface area contributed by atoms with Gasteiger partial charge >= 0.3 is 5.69 Å². The summed E-state index contributed by atoms with van der Waals surface area (Å²) in [6.45, 7) is 3.23. The molecule has 366 valence electrons. The highest BCUT2D eigenvalue weighted by Crippen LogP contribution is 2.31. The van der Waals surface area contributed by atoms with Gasteiger partial charge in [-0.3, -0.25) is 48.0 Å². The molecule has 5 atom stereocenters. The lowest BCUT2D eigenvalue weighted by molar-refractivity contribution is -0.143. The summed E-state index contributed by atoms with van der Waals surface area (Å²) >= 11 is 0. The first kappa shape index (κ1) is 49.6. The number of piperidine rings is 2. The first-order valence-electron chi connectivity index (χ1n) is 23.6. The largest absolute Gasteiger partial charge is 0.370 e. The number of aryl methyl sites for hydroxylation is 2. The van der Waals surface area contributed by atoms with E-state index in [-0.39, 0.29) is 86.6 Å². The first-order valence-corrected chi connectivity index (χ1v) is 23.6. The van der Waals surface area contributed by atoms with Gasteiger partial charge in [0, 0.05) is 65.3 Å². The van der Waals surface area contributed by atoms with E-state index in [2.05, 4.69) is 16.0 Å². The molecule has 0 bridgehead atoms. The summed E-state index contributed by atoms with van der Waals surface area (Å²) in [5, 5.41) is 7.89. The smallest absolute Gasteiger partial charge is 0.329 e. The van der Waals surface area contributed by atoms with Crippen molar-refractivity contribution in [1.82, 2.24) is 39.8 Å². The van der Waals surface area contributed by atoms with Crippen molar-refractivity contribution in [2.45, 2.75) is 127 Å². The maximum absolute atomic E-state index is 14.5. The van der Waals surface area contributed by atoms with E-state index in [4.69, 9.17) is 5.73 Å². The highest BCUT2D eigenvalue weighted by Gasteiger charge is 2.44. The molecule has 5 heterocycles. The third kappa shape index (κ3) is 11.3. The number of primary amides is 1. The van der Waals surface area contributed by atoms with Gasteiger partial charge < -0.3 is 35.9 Å². The SMILES string of the molecule is CC(=O)N1CCC(=O)N2[C@H](CC[C@H]2C(=O)N[C@@H](CCC(N)=O)C(=O)N[C@](C=O)(Cc2ccc(F)c(F)c2)CN2CCC(CCCc3ccc4c(c3)n(C)c(=O)n4C3CCC(=O)NC3=O)CC2)CC1. The molecule has 4 aliphatic rings. The number of hydrogen-bond donors (Lipinski definition) is 4. The van der Waals surface area contributed by atoms with Crippen LogP contribution < -0.4 is 27.4 Å². The Morgan fingerprint density at radius 3 is 2.34 bits per heavy atom. The molecule has 4 saturated heterocycles. The Bertz CT molecular complexity index is 2520. The number of amides is 7. The summed E-state index contributed by atoms with van der Waals surface area (Å²) in [5.74, 6) is -5.27. The molecule has 5 N–H and O–H groups in total. The maximum Gasteiger partial charge on any atom is 0.329 e. The Balaban J connectivity index is 0.999. The van der Waals surface area contributed by atoms with Crippen LogP contribution in [0.25, 0.3) is 11.0 Å². The summed E-state index contributed by atoms with van der Waals surface area (Å²) in [4.78, 5) is 122. The van der Waals surface area contributed by atoms with Gasteiger partial charge in [0.25, 0.3) is 0 Å². The van der Waals surface area contributed by atoms with E-state index in [1.807, 2.05) is 23.1 Å². The third-order valence-electron chi connectivity index (χ3n) is 14.2. The van der Waals surface area contributed by atoms with E-state index in [1.165, 1.54) is 27.0 Å². The lowest BCUT2D eigenvalue weighted by Gasteiger charge is -2.39. The molecule has 0 saturated carbocycles. The zero-order valence-corrected chi connectivity index (χ0v) is 38.6. The van der Waals surface area contributed by atoms with Gasteiger partial charge in [-0.1, -0.05) is 18.6 Å². The molecular formula is C48H61F2N9O9. The molecule has 2 aromatic carbocycles. The topological polar surface area (TPSA) is 235 Å². The van der Waals surface area contributed by atoms with Crippen molar-refractivity contribution >= 4 is 58.7 Å². The number of nitrogens with zero attached hydrogens (tertiary/aromatic N) is 5. The second-order valence-electron chi connectivity index (χ2n) is 19.0. The molecule has 7 amide bonds. The van der Waals surface area contributed by atoms with E-state index in [0.29, 0.717) is 62.1 Å². The van der Waals surface area contributed by atoms with Gasteiger partial charge in [0.05, 0.1) is 11.0 Å². The van der Waals surface area contributed by atoms with E-state index >= 15 is 0 Å². The standard InChI is InChI=1S/C48H61F2N9O9/c1-29(61)57-22-18-33-8-12-38(58(33)43(64)19-23-57)45(66)52-36(10-14-41(51)62)44(65)54-48(28-60,26-32-6-9-34(49)35(50)24-32)27-56-20-16-30(17-21-56)4-3-5-31-7-11-37-40(25-31)55(2)47(68)59(37)39-13-15-42(63)53-46(39)67/h6-7,9,11,24-25,28,30,33,36,38-39H,3-5,8,10,12-23,26-27H2,1-2H3,(H2,51,62)(H,52,66)(H,54,65)(H,53,63,67)/t33-,36+,38+,39?,48-/m1/s1. The Morgan fingerprint density at radius 1 is 0.897 bits per heavy atom. The van der Waals surface area contributed by atoms with Crippen LogP contribution >= 0.6 is 0 Å². The highest BCUT2D eigenvalue weighted by molar-refractivity contribution is 6.00. The summed E-state index contributed by atoms with van der Waals surface area (Å²) < 4.78 is 31.6. The molecular weight excluding hydrogens is 885 g/mol. The molecule has 4 aliphatic heterocycles. The second-order valence-corrected chi connectivity index (χ2v) is 19.0. The van der Waals surface area contributed by atoms with Crippen LogP contribution in [0, 0.1) is 17.6 Å². The third-order valence-corrected chi connectivity index (χ3v) is 14.2. The number of likely N-dealkylation sites (tertiary alicyclic amines) is 1. The Morgan fingerprint density at radius 2 is 1.65 bits per heavy atom. The Hall–Kier alpha value is -6.31. The molecule has 20 heteroatoms. The number of nitrogens with two attached hydrogens (primary N) is 1. The van der Waals surface area contributed by atoms with E-state index in [9.17, 15) is 51.9 Å². The molecule has 1 unspecified atom stereocenters. The van der Waals surface area contributed by atoms with Crippen LogP contribution in [0.1, 0.15) is 101 Å². The van der Waals surface area contributed by atoms with E-state index in [1.54, 1.807) is 11.9 Å². The van der Waals surface area contributed by atoms with Crippen LogP contribution in [0.3, 0.4) is 0 Å². The normalized spacial score (nSPS) is 21.9. The van der Waals surface area contributed by atoms with E-state index in [0.717, 1.165) is 49.8 Å². The predicted octanol–water partition coefficient (Wildman–Crippen LogP) is 1.68. The van der Waals surface area contributed by atoms with Gasteiger partial charge in [0.15, 0.2) is 11.6 Å². The quantitative estimate of drug-likeness (QED) is 0.113. The predicted molar refractivity (Wildman–Crippen MR) is 243 cm³/mol. The molecule has 4 fully saturated rings. The number of halogens is 2. The van der Waals surface area contributed by atoms with Gasteiger partial charge in [0.1, 0.15) is 30.0 Å². The number of fused-ring (bicyclic) bond motifs is 2. The Kier molecular flexibility index (Phi) is 15.6. The number of rotatable bonds is 17. The summed E-state index contributed by atoms with van der Waals surface area (Å²) in [7, 11) is 1.66. The van der Waals surface area contributed by atoms with Gasteiger partial charge in [0.2, 0.25) is 41.4 Å².